The van der Waals surface area contributed by atoms with E-state index < -0.39 is 0 Å². The largest absolute Gasteiger partial charge is 0.484 e. The van der Waals surface area contributed by atoms with Gasteiger partial charge in [-0.25, -0.2) is 5.43 Å². The highest BCUT2D eigenvalue weighted by Crippen LogP contribution is 2.10. The lowest BCUT2D eigenvalue weighted by Gasteiger charge is -2.04. The lowest BCUT2D eigenvalue weighted by Crippen LogP contribution is -2.24. The Labute approximate surface area is 102 Å². The first-order chi connectivity index (χ1) is 8.22. The Morgan fingerprint density at radius 3 is 2.76 bits per heavy atom. The minimum Gasteiger partial charge on any atom is -0.484 e. The van der Waals surface area contributed by atoms with E-state index in [9.17, 15) is 4.79 Å². The fourth-order valence-electron chi connectivity index (χ4n) is 1.13. The highest BCUT2D eigenvalue weighted by atomic mass is 16.5. The summed E-state index contributed by atoms with van der Waals surface area (Å²) in [4.78, 5) is 11.3. The number of unbranched alkanes of at least 4 members (excludes halogenated alkanes) is 1. The third kappa shape index (κ3) is 5.70. The van der Waals surface area contributed by atoms with Gasteiger partial charge in [-0.05, 0) is 25.5 Å². The second-order valence-corrected chi connectivity index (χ2v) is 3.74. The summed E-state index contributed by atoms with van der Waals surface area (Å²) in [5, 5.41) is 3.78. The molecular formula is C13H18N2O2. The van der Waals surface area contributed by atoms with Crippen LogP contribution in [-0.2, 0) is 4.79 Å². The van der Waals surface area contributed by atoms with Gasteiger partial charge >= 0.3 is 0 Å². The molecule has 0 heterocycles. The Hall–Kier alpha value is -1.84. The summed E-state index contributed by atoms with van der Waals surface area (Å²) in [6.07, 6.45) is 3.56. The average Bonchev–Trinajstić information content (AvgIpc) is 2.34. The quantitative estimate of drug-likeness (QED) is 0.606. The summed E-state index contributed by atoms with van der Waals surface area (Å²) < 4.78 is 5.29. The predicted octanol–water partition coefficient (Wildman–Crippen LogP) is 2.28. The molecular weight excluding hydrogens is 216 g/mol. The van der Waals surface area contributed by atoms with Crippen LogP contribution in [0, 0.1) is 6.92 Å². The molecule has 1 rings (SSSR count). The number of hydrogen-bond acceptors (Lipinski definition) is 3. The zero-order valence-electron chi connectivity index (χ0n) is 10.3. The lowest BCUT2D eigenvalue weighted by atomic mass is 10.2. The third-order valence-electron chi connectivity index (χ3n) is 2.09. The van der Waals surface area contributed by atoms with Crippen molar-refractivity contribution in [3.8, 4) is 5.75 Å². The number of carbonyl (C=O) groups is 1. The van der Waals surface area contributed by atoms with Gasteiger partial charge in [0.25, 0.3) is 5.91 Å². The van der Waals surface area contributed by atoms with Crippen molar-refractivity contribution >= 4 is 12.1 Å². The van der Waals surface area contributed by atoms with E-state index in [0.29, 0.717) is 5.75 Å². The first-order valence-electron chi connectivity index (χ1n) is 5.72. The number of ether oxygens (including phenoxy) is 1. The molecule has 0 fully saturated rings. The molecule has 0 aliphatic carbocycles. The molecule has 1 N–H and O–H groups in total. The van der Waals surface area contributed by atoms with E-state index >= 15 is 0 Å². The minimum absolute atomic E-state index is 0.0213. The summed E-state index contributed by atoms with van der Waals surface area (Å²) in [7, 11) is 0. The molecule has 0 aliphatic rings. The number of aryl methyl sites for hydroxylation is 1. The molecule has 0 saturated heterocycles. The van der Waals surface area contributed by atoms with Crippen LogP contribution >= 0.6 is 0 Å². The maximum atomic E-state index is 11.3. The highest BCUT2D eigenvalue weighted by molar-refractivity contribution is 5.78. The number of benzene rings is 1. The Balaban J connectivity index is 2.26. The van der Waals surface area contributed by atoms with Gasteiger partial charge in [0.1, 0.15) is 5.75 Å². The Kier molecular flexibility index (Phi) is 5.79. The van der Waals surface area contributed by atoms with Gasteiger partial charge in [0.15, 0.2) is 6.61 Å². The maximum absolute atomic E-state index is 11.3. The Bertz CT molecular complexity index is 372. The molecule has 92 valence electrons. The van der Waals surface area contributed by atoms with E-state index in [1.807, 2.05) is 38.1 Å². The van der Waals surface area contributed by atoms with Gasteiger partial charge in [0.2, 0.25) is 0 Å². The van der Waals surface area contributed by atoms with Crippen molar-refractivity contribution in [2.24, 2.45) is 5.10 Å². The van der Waals surface area contributed by atoms with Gasteiger partial charge in [0.05, 0.1) is 0 Å². The van der Waals surface area contributed by atoms with Crippen LogP contribution < -0.4 is 10.2 Å². The monoisotopic (exact) mass is 234 g/mol. The van der Waals surface area contributed by atoms with E-state index in [1.54, 1.807) is 6.21 Å². The number of nitrogens with one attached hydrogen (secondary N) is 1. The molecule has 0 radical (unpaired) electrons. The van der Waals surface area contributed by atoms with Crippen LogP contribution in [0.25, 0.3) is 0 Å². The summed E-state index contributed by atoms with van der Waals surface area (Å²) in [5.41, 5.74) is 3.56. The van der Waals surface area contributed by atoms with Crippen LogP contribution in [0.5, 0.6) is 5.75 Å². The lowest BCUT2D eigenvalue weighted by molar-refractivity contribution is -0.123. The molecule has 0 aromatic heterocycles. The van der Waals surface area contributed by atoms with E-state index in [-0.39, 0.29) is 12.5 Å². The van der Waals surface area contributed by atoms with Gasteiger partial charge in [0, 0.05) is 6.21 Å². The normalized spacial score (nSPS) is 10.5. The number of hydrazone groups is 1. The molecule has 1 aromatic rings. The molecule has 0 bridgehead atoms. The molecule has 1 aromatic carbocycles. The van der Waals surface area contributed by atoms with Crippen molar-refractivity contribution in [2.75, 3.05) is 6.61 Å². The maximum Gasteiger partial charge on any atom is 0.277 e. The summed E-state index contributed by atoms with van der Waals surface area (Å²) in [6.45, 7) is 4.03. The van der Waals surface area contributed by atoms with Crippen molar-refractivity contribution in [3.05, 3.63) is 29.8 Å². The van der Waals surface area contributed by atoms with Crippen LogP contribution in [0.2, 0.25) is 0 Å². The predicted molar refractivity (Wildman–Crippen MR) is 68.2 cm³/mol. The topological polar surface area (TPSA) is 50.7 Å². The van der Waals surface area contributed by atoms with Crippen LogP contribution in [0.1, 0.15) is 25.3 Å². The molecule has 17 heavy (non-hydrogen) atoms. The molecule has 4 heteroatoms. The van der Waals surface area contributed by atoms with E-state index in [4.69, 9.17) is 4.74 Å². The Morgan fingerprint density at radius 1 is 1.41 bits per heavy atom. The van der Waals surface area contributed by atoms with Crippen LogP contribution in [-0.4, -0.2) is 18.7 Å². The van der Waals surface area contributed by atoms with Crippen LogP contribution in [0.3, 0.4) is 0 Å². The van der Waals surface area contributed by atoms with Crippen LogP contribution in [0.4, 0.5) is 0 Å². The average molecular weight is 234 g/mol. The minimum atomic E-state index is -0.252. The highest BCUT2D eigenvalue weighted by Gasteiger charge is 2.00. The van der Waals surface area contributed by atoms with Crippen molar-refractivity contribution in [1.82, 2.24) is 5.43 Å². The van der Waals surface area contributed by atoms with Crippen molar-refractivity contribution in [2.45, 2.75) is 26.7 Å². The number of hydrogen-bond donors (Lipinski definition) is 1. The first-order valence-corrected chi connectivity index (χ1v) is 5.72. The van der Waals surface area contributed by atoms with Crippen molar-refractivity contribution in [1.29, 1.82) is 0 Å². The summed E-state index contributed by atoms with van der Waals surface area (Å²) >= 11 is 0. The number of carbonyl (C=O) groups excluding carboxylic acids is 1. The number of amides is 1. The standard InChI is InChI=1S/C13H18N2O2/c1-3-4-9-14-15-13(16)10-17-12-7-5-11(2)6-8-12/h5-9H,3-4,10H2,1-2H3,(H,15,16)/b14-9+. The number of rotatable bonds is 6. The zero-order valence-corrected chi connectivity index (χ0v) is 10.3. The second-order valence-electron chi connectivity index (χ2n) is 3.74. The Morgan fingerprint density at radius 2 is 2.12 bits per heavy atom. The van der Waals surface area contributed by atoms with Gasteiger partial charge < -0.3 is 4.74 Å². The van der Waals surface area contributed by atoms with Gasteiger partial charge in [-0.3, -0.25) is 4.79 Å². The van der Waals surface area contributed by atoms with Crippen molar-refractivity contribution in [3.63, 3.8) is 0 Å². The summed E-state index contributed by atoms with van der Waals surface area (Å²) in [6, 6.07) is 7.55. The molecule has 0 aliphatic heterocycles. The van der Waals surface area contributed by atoms with Gasteiger partial charge in [-0.1, -0.05) is 31.0 Å². The second kappa shape index (κ2) is 7.44. The molecule has 0 atom stereocenters. The first kappa shape index (κ1) is 13.2. The molecule has 0 spiro atoms. The van der Waals surface area contributed by atoms with Gasteiger partial charge in [-0.15, -0.1) is 0 Å². The molecule has 0 unspecified atom stereocenters. The van der Waals surface area contributed by atoms with Gasteiger partial charge in [-0.2, -0.15) is 5.10 Å². The fourth-order valence-corrected chi connectivity index (χ4v) is 1.13. The fraction of sp³-hybridized carbons (Fsp3) is 0.385. The smallest absolute Gasteiger partial charge is 0.277 e. The molecule has 0 saturated carbocycles. The van der Waals surface area contributed by atoms with E-state index in [1.165, 1.54) is 0 Å². The van der Waals surface area contributed by atoms with Crippen molar-refractivity contribution < 1.29 is 9.53 Å². The summed E-state index contributed by atoms with van der Waals surface area (Å²) in [5.74, 6) is 0.432. The molecule has 1 amide bonds. The third-order valence-corrected chi connectivity index (χ3v) is 2.09. The molecule has 4 nitrogen and oxygen atoms in total. The SMILES string of the molecule is CCC/C=N/NC(=O)COc1ccc(C)cc1. The zero-order chi connectivity index (χ0) is 12.5. The van der Waals surface area contributed by atoms with E-state index in [0.717, 1.165) is 18.4 Å². The van der Waals surface area contributed by atoms with E-state index in [2.05, 4.69) is 10.5 Å². The number of nitrogens with zero attached hydrogens (tertiary/aromatic N) is 1. The van der Waals surface area contributed by atoms with Crippen LogP contribution in [0.15, 0.2) is 29.4 Å².